The van der Waals surface area contributed by atoms with Crippen LogP contribution in [0.25, 0.3) is 0 Å². The van der Waals surface area contributed by atoms with Crippen molar-refractivity contribution in [1.82, 2.24) is 5.32 Å². The minimum absolute atomic E-state index is 0.00220. The summed E-state index contributed by atoms with van der Waals surface area (Å²) in [6, 6.07) is 0. The Morgan fingerprint density at radius 1 is 1.26 bits per heavy atom. The highest BCUT2D eigenvalue weighted by Crippen LogP contribution is 2.28. The molecule has 0 heterocycles. The number of nitrogens with two attached hydrogens (primary N) is 1. The molecule has 0 bridgehead atoms. The van der Waals surface area contributed by atoms with E-state index in [4.69, 9.17) is 10.8 Å². The van der Waals surface area contributed by atoms with Crippen molar-refractivity contribution in [1.29, 1.82) is 0 Å². The second-order valence-electron chi connectivity index (χ2n) is 5.89. The smallest absolute Gasteiger partial charge is 0.308 e. The summed E-state index contributed by atoms with van der Waals surface area (Å²) in [5.74, 6) is -0.754. The van der Waals surface area contributed by atoms with Crippen LogP contribution < -0.4 is 11.1 Å². The van der Waals surface area contributed by atoms with Crippen LogP contribution in [-0.4, -0.2) is 30.1 Å². The predicted molar refractivity (Wildman–Crippen MR) is 73.5 cm³/mol. The molecule has 1 aliphatic carbocycles. The summed E-state index contributed by atoms with van der Waals surface area (Å²) >= 11 is 0. The Morgan fingerprint density at radius 3 is 2.26 bits per heavy atom. The van der Waals surface area contributed by atoms with Crippen molar-refractivity contribution in [2.45, 2.75) is 39.5 Å². The van der Waals surface area contributed by atoms with Crippen molar-refractivity contribution in [3.8, 4) is 0 Å². The topological polar surface area (TPSA) is 92.4 Å². The fourth-order valence-corrected chi connectivity index (χ4v) is 2.62. The van der Waals surface area contributed by atoms with Gasteiger partial charge in [-0.3, -0.25) is 9.59 Å². The first-order valence-electron chi connectivity index (χ1n) is 7.16. The molecule has 1 atom stereocenters. The average molecular weight is 270 g/mol. The van der Waals surface area contributed by atoms with E-state index in [2.05, 4.69) is 5.32 Å². The first-order chi connectivity index (χ1) is 8.95. The molecule has 1 fully saturated rings. The van der Waals surface area contributed by atoms with Gasteiger partial charge in [-0.2, -0.15) is 0 Å². The lowest BCUT2D eigenvalue weighted by atomic mass is 9.81. The summed E-state index contributed by atoms with van der Waals surface area (Å²) in [6.45, 7) is 4.64. The molecule has 0 aromatic heterocycles. The molecule has 1 amide bonds. The third-order valence-electron chi connectivity index (χ3n) is 4.17. The van der Waals surface area contributed by atoms with E-state index in [1.54, 1.807) is 0 Å². The molecule has 0 aromatic rings. The van der Waals surface area contributed by atoms with Crippen LogP contribution in [0.4, 0.5) is 0 Å². The number of hydrogen-bond donors (Lipinski definition) is 3. The van der Waals surface area contributed by atoms with Gasteiger partial charge in [0.15, 0.2) is 0 Å². The molecule has 0 aromatic carbocycles. The van der Waals surface area contributed by atoms with E-state index in [1.165, 1.54) is 0 Å². The van der Waals surface area contributed by atoms with Gasteiger partial charge in [-0.25, -0.2) is 0 Å². The number of nitrogens with one attached hydrogen (secondary N) is 1. The van der Waals surface area contributed by atoms with Crippen molar-refractivity contribution in [3.05, 3.63) is 0 Å². The van der Waals surface area contributed by atoms with Crippen molar-refractivity contribution in [2.24, 2.45) is 29.4 Å². The van der Waals surface area contributed by atoms with E-state index in [-0.39, 0.29) is 24.3 Å². The summed E-state index contributed by atoms with van der Waals surface area (Å²) < 4.78 is 0. The monoisotopic (exact) mass is 270 g/mol. The second kappa shape index (κ2) is 7.48. The summed E-state index contributed by atoms with van der Waals surface area (Å²) in [7, 11) is 0. The second-order valence-corrected chi connectivity index (χ2v) is 5.89. The molecule has 19 heavy (non-hydrogen) atoms. The highest BCUT2D eigenvalue weighted by Gasteiger charge is 2.27. The number of carboxylic acids is 1. The number of rotatable bonds is 6. The van der Waals surface area contributed by atoms with Crippen LogP contribution in [-0.2, 0) is 9.59 Å². The van der Waals surface area contributed by atoms with Crippen LogP contribution >= 0.6 is 0 Å². The van der Waals surface area contributed by atoms with E-state index in [0.717, 1.165) is 25.7 Å². The lowest BCUT2D eigenvalue weighted by Gasteiger charge is -2.27. The number of hydrogen-bond acceptors (Lipinski definition) is 3. The Balaban J connectivity index is 2.37. The summed E-state index contributed by atoms with van der Waals surface area (Å²) in [6.07, 6.45) is 3.74. The Morgan fingerprint density at radius 2 is 1.84 bits per heavy atom. The zero-order chi connectivity index (χ0) is 14.4. The largest absolute Gasteiger partial charge is 0.481 e. The van der Waals surface area contributed by atoms with E-state index in [9.17, 15) is 9.59 Å². The van der Waals surface area contributed by atoms with Gasteiger partial charge in [0, 0.05) is 12.5 Å². The van der Waals surface area contributed by atoms with Crippen LogP contribution in [0.1, 0.15) is 39.5 Å². The highest BCUT2D eigenvalue weighted by atomic mass is 16.4. The van der Waals surface area contributed by atoms with Crippen molar-refractivity contribution in [3.63, 3.8) is 0 Å². The molecule has 1 saturated carbocycles. The lowest BCUT2D eigenvalue weighted by molar-refractivity contribution is -0.143. The SMILES string of the molecule is CC(C)C(CNC(=O)C1CCC(CN)CC1)C(=O)O. The maximum Gasteiger partial charge on any atom is 0.308 e. The van der Waals surface area contributed by atoms with Crippen LogP contribution in [0.5, 0.6) is 0 Å². The third-order valence-corrected chi connectivity index (χ3v) is 4.17. The normalized spacial score (nSPS) is 25.1. The van der Waals surface area contributed by atoms with Gasteiger partial charge in [-0.15, -0.1) is 0 Å². The average Bonchev–Trinajstić information content (AvgIpc) is 2.38. The quantitative estimate of drug-likeness (QED) is 0.676. The van der Waals surface area contributed by atoms with E-state index >= 15 is 0 Å². The number of carbonyl (C=O) groups is 2. The Hall–Kier alpha value is -1.10. The number of carbonyl (C=O) groups excluding carboxylic acids is 1. The molecule has 0 aliphatic heterocycles. The molecule has 1 unspecified atom stereocenters. The zero-order valence-corrected chi connectivity index (χ0v) is 11.9. The predicted octanol–water partition coefficient (Wildman–Crippen LogP) is 1.22. The van der Waals surface area contributed by atoms with Gasteiger partial charge >= 0.3 is 5.97 Å². The van der Waals surface area contributed by atoms with Gasteiger partial charge in [-0.1, -0.05) is 13.8 Å². The maximum absolute atomic E-state index is 12.0. The Bertz CT molecular complexity index is 310. The van der Waals surface area contributed by atoms with Crippen molar-refractivity contribution >= 4 is 11.9 Å². The van der Waals surface area contributed by atoms with Gasteiger partial charge in [0.25, 0.3) is 0 Å². The Kier molecular flexibility index (Phi) is 6.28. The standard InChI is InChI=1S/C14H26N2O3/c1-9(2)12(14(18)19)8-16-13(17)11-5-3-10(7-15)4-6-11/h9-12H,3-8,15H2,1-2H3,(H,16,17)(H,18,19). The molecule has 4 N–H and O–H groups in total. The van der Waals surface area contributed by atoms with E-state index in [1.807, 2.05) is 13.8 Å². The molecule has 0 saturated heterocycles. The fraction of sp³-hybridized carbons (Fsp3) is 0.857. The number of amides is 1. The zero-order valence-electron chi connectivity index (χ0n) is 11.9. The van der Waals surface area contributed by atoms with Gasteiger partial charge in [0.1, 0.15) is 0 Å². The van der Waals surface area contributed by atoms with Gasteiger partial charge in [0.2, 0.25) is 5.91 Å². The van der Waals surface area contributed by atoms with Crippen LogP contribution in [0.3, 0.4) is 0 Å². The fourth-order valence-electron chi connectivity index (χ4n) is 2.62. The minimum Gasteiger partial charge on any atom is -0.481 e. The summed E-state index contributed by atoms with van der Waals surface area (Å²) in [4.78, 5) is 23.1. The molecule has 110 valence electrons. The first kappa shape index (κ1) is 16.0. The van der Waals surface area contributed by atoms with E-state index in [0.29, 0.717) is 12.5 Å². The molecule has 0 spiro atoms. The molecule has 5 nitrogen and oxygen atoms in total. The molecule has 1 aliphatic rings. The molecule has 5 heteroatoms. The van der Waals surface area contributed by atoms with Crippen molar-refractivity contribution < 1.29 is 14.7 Å². The van der Waals surface area contributed by atoms with Crippen molar-refractivity contribution in [2.75, 3.05) is 13.1 Å². The molecular formula is C14H26N2O3. The van der Waals surface area contributed by atoms with E-state index < -0.39 is 11.9 Å². The molecule has 0 radical (unpaired) electrons. The van der Waals surface area contributed by atoms with Gasteiger partial charge < -0.3 is 16.2 Å². The molecular weight excluding hydrogens is 244 g/mol. The maximum atomic E-state index is 12.0. The van der Waals surface area contributed by atoms with Crippen LogP contribution in [0.15, 0.2) is 0 Å². The Labute approximate surface area is 114 Å². The number of aliphatic carboxylic acids is 1. The first-order valence-corrected chi connectivity index (χ1v) is 7.16. The summed E-state index contributed by atoms with van der Waals surface area (Å²) in [5.41, 5.74) is 5.62. The van der Waals surface area contributed by atoms with Gasteiger partial charge in [0.05, 0.1) is 5.92 Å². The lowest BCUT2D eigenvalue weighted by Crippen LogP contribution is -2.39. The van der Waals surface area contributed by atoms with Gasteiger partial charge in [-0.05, 0) is 44.1 Å². The minimum atomic E-state index is -0.845. The van der Waals surface area contributed by atoms with Crippen LogP contribution in [0, 0.1) is 23.7 Å². The molecule has 1 rings (SSSR count). The summed E-state index contributed by atoms with van der Waals surface area (Å²) in [5, 5.41) is 11.9. The number of carboxylic acid groups (broad SMARTS) is 1. The highest BCUT2D eigenvalue weighted by molar-refractivity contribution is 5.79. The van der Waals surface area contributed by atoms with Crippen LogP contribution in [0.2, 0.25) is 0 Å². The third kappa shape index (κ3) is 4.82.